The highest BCUT2D eigenvalue weighted by atomic mass is 16.2. The lowest BCUT2D eigenvalue weighted by Gasteiger charge is -2.30. The predicted molar refractivity (Wildman–Crippen MR) is 132 cm³/mol. The number of fused-ring (bicyclic) bond motifs is 1. The molecule has 2 aliphatic heterocycles. The highest BCUT2D eigenvalue weighted by Gasteiger charge is 2.31. The summed E-state index contributed by atoms with van der Waals surface area (Å²) in [6, 6.07) is 21.0. The minimum Gasteiger partial charge on any atom is -0.302 e. The van der Waals surface area contributed by atoms with E-state index in [1.54, 1.807) is 0 Å². The van der Waals surface area contributed by atoms with E-state index in [0.717, 1.165) is 68.2 Å². The van der Waals surface area contributed by atoms with Crippen LogP contribution in [0.25, 0.3) is 0 Å². The zero-order chi connectivity index (χ0) is 22.6. The molecule has 0 bridgehead atoms. The van der Waals surface area contributed by atoms with Gasteiger partial charge in [-0.25, -0.2) is 9.97 Å². The van der Waals surface area contributed by atoms with E-state index in [9.17, 15) is 4.79 Å². The Labute approximate surface area is 196 Å². The van der Waals surface area contributed by atoms with Gasteiger partial charge in [0.1, 0.15) is 11.6 Å². The molecule has 1 aromatic heterocycles. The lowest BCUT2D eigenvalue weighted by molar-refractivity contribution is -0.118. The van der Waals surface area contributed by atoms with Crippen LogP contribution in [0.1, 0.15) is 47.0 Å². The van der Waals surface area contributed by atoms with E-state index in [0.29, 0.717) is 18.9 Å². The smallest absolute Gasteiger partial charge is 0.228 e. The molecule has 0 radical (unpaired) electrons. The lowest BCUT2D eigenvalue weighted by Crippen LogP contribution is -2.38. The second-order valence-electron chi connectivity index (χ2n) is 9.27. The molecule has 3 aromatic rings. The maximum atomic E-state index is 12.9. The number of benzene rings is 2. The molecule has 0 saturated carbocycles. The van der Waals surface area contributed by atoms with Gasteiger partial charge < -0.3 is 4.90 Å². The monoisotopic (exact) mass is 440 g/mol. The zero-order valence-electron chi connectivity index (χ0n) is 19.4. The number of aryl methyl sites for hydroxylation is 1. The molecule has 1 amide bonds. The molecule has 2 aliphatic rings. The molecular formula is C28H32N4O. The van der Waals surface area contributed by atoms with E-state index in [1.807, 2.05) is 11.0 Å². The fraction of sp³-hybridized carbons (Fsp3) is 0.393. The minimum atomic E-state index is 0.179. The minimum absolute atomic E-state index is 0.179. The third-order valence-electron chi connectivity index (χ3n) is 7.02. The number of rotatable bonds is 7. The van der Waals surface area contributed by atoms with Crippen LogP contribution >= 0.6 is 0 Å². The average Bonchev–Trinajstić information content (AvgIpc) is 3.32. The third kappa shape index (κ3) is 4.98. The molecule has 1 fully saturated rings. The molecule has 170 valence electrons. The number of carbonyl (C=O) groups is 1. The second kappa shape index (κ2) is 9.84. The summed E-state index contributed by atoms with van der Waals surface area (Å²) in [6.07, 6.45) is 4.27. The van der Waals surface area contributed by atoms with Crippen molar-refractivity contribution in [3.8, 4) is 0 Å². The van der Waals surface area contributed by atoms with Gasteiger partial charge in [-0.1, -0.05) is 60.7 Å². The fourth-order valence-electron chi connectivity index (χ4n) is 5.08. The van der Waals surface area contributed by atoms with E-state index >= 15 is 0 Å². The predicted octanol–water partition coefficient (Wildman–Crippen LogP) is 4.34. The van der Waals surface area contributed by atoms with Crippen molar-refractivity contribution in [2.24, 2.45) is 0 Å². The summed E-state index contributed by atoms with van der Waals surface area (Å²) in [5.41, 5.74) is 4.81. The standard InChI is InChI=1S/C28H32N4O/c1-21-25-12-13-26(33)32(19-15-23-10-6-3-7-11-23)28(25)30-27(29-21)24-16-18-31(20-24)17-14-22-8-4-2-5-9-22/h2-11,24H,12-20H2,1H3. The largest absolute Gasteiger partial charge is 0.302 e. The number of carbonyl (C=O) groups excluding carboxylic acids is 1. The quantitative estimate of drug-likeness (QED) is 0.548. The van der Waals surface area contributed by atoms with Crippen LogP contribution in [-0.2, 0) is 24.1 Å². The highest BCUT2D eigenvalue weighted by molar-refractivity contribution is 5.95. The Kier molecular flexibility index (Phi) is 6.49. The van der Waals surface area contributed by atoms with Crippen molar-refractivity contribution in [1.82, 2.24) is 14.9 Å². The maximum absolute atomic E-state index is 12.9. The van der Waals surface area contributed by atoms with Gasteiger partial charge in [0.05, 0.1) is 0 Å². The van der Waals surface area contributed by atoms with Crippen molar-refractivity contribution < 1.29 is 4.79 Å². The molecule has 1 saturated heterocycles. The van der Waals surface area contributed by atoms with Crippen molar-refractivity contribution in [3.63, 3.8) is 0 Å². The van der Waals surface area contributed by atoms with E-state index in [1.165, 1.54) is 11.1 Å². The molecule has 1 unspecified atom stereocenters. The molecule has 0 aliphatic carbocycles. The van der Waals surface area contributed by atoms with Crippen LogP contribution in [0.15, 0.2) is 60.7 Å². The van der Waals surface area contributed by atoms with Crippen LogP contribution < -0.4 is 4.90 Å². The number of anilines is 1. The topological polar surface area (TPSA) is 49.3 Å². The van der Waals surface area contributed by atoms with Crippen LogP contribution in [0.3, 0.4) is 0 Å². The number of aromatic nitrogens is 2. The zero-order valence-corrected chi connectivity index (χ0v) is 19.4. The van der Waals surface area contributed by atoms with Crippen molar-refractivity contribution in [2.75, 3.05) is 31.1 Å². The van der Waals surface area contributed by atoms with Gasteiger partial charge in [0.2, 0.25) is 5.91 Å². The molecular weight excluding hydrogens is 408 g/mol. The Bertz CT molecular complexity index is 1100. The number of nitrogens with zero attached hydrogens (tertiary/aromatic N) is 4. The van der Waals surface area contributed by atoms with Crippen LogP contribution in [0.4, 0.5) is 5.82 Å². The Morgan fingerprint density at radius 3 is 2.24 bits per heavy atom. The van der Waals surface area contributed by atoms with E-state index < -0.39 is 0 Å². The lowest BCUT2D eigenvalue weighted by atomic mass is 10.0. The van der Waals surface area contributed by atoms with Crippen LogP contribution in [0, 0.1) is 6.92 Å². The molecule has 0 spiro atoms. The number of hydrogen-bond donors (Lipinski definition) is 0. The van der Waals surface area contributed by atoms with Gasteiger partial charge in [-0.15, -0.1) is 0 Å². The fourth-order valence-corrected chi connectivity index (χ4v) is 5.08. The highest BCUT2D eigenvalue weighted by Crippen LogP contribution is 2.32. The Morgan fingerprint density at radius 1 is 0.879 bits per heavy atom. The molecule has 5 heteroatoms. The first-order chi connectivity index (χ1) is 16.2. The Balaban J connectivity index is 1.30. The van der Waals surface area contributed by atoms with E-state index in [-0.39, 0.29) is 5.91 Å². The first-order valence-electron chi connectivity index (χ1n) is 12.2. The maximum Gasteiger partial charge on any atom is 0.228 e. The first kappa shape index (κ1) is 21.8. The van der Waals surface area contributed by atoms with Crippen LogP contribution in [0.2, 0.25) is 0 Å². The summed E-state index contributed by atoms with van der Waals surface area (Å²) >= 11 is 0. The normalized spacial score (nSPS) is 18.5. The second-order valence-corrected chi connectivity index (χ2v) is 9.27. The third-order valence-corrected chi connectivity index (χ3v) is 7.02. The molecule has 3 heterocycles. The van der Waals surface area contributed by atoms with Crippen LogP contribution in [-0.4, -0.2) is 47.0 Å². The SMILES string of the molecule is Cc1nc(C2CCN(CCc3ccccc3)C2)nc2c1CCC(=O)N2CCc1ccccc1. The Hall–Kier alpha value is -3.05. The first-order valence-corrected chi connectivity index (χ1v) is 12.2. The molecule has 5 nitrogen and oxygen atoms in total. The van der Waals surface area contributed by atoms with Gasteiger partial charge in [0.15, 0.2) is 0 Å². The summed E-state index contributed by atoms with van der Waals surface area (Å²) in [7, 11) is 0. The molecule has 2 aromatic carbocycles. The van der Waals surface area contributed by atoms with E-state index in [4.69, 9.17) is 9.97 Å². The average molecular weight is 441 g/mol. The Morgan fingerprint density at radius 2 is 1.55 bits per heavy atom. The summed E-state index contributed by atoms with van der Waals surface area (Å²) in [4.78, 5) is 27.2. The van der Waals surface area contributed by atoms with Crippen molar-refractivity contribution in [1.29, 1.82) is 0 Å². The molecule has 1 atom stereocenters. The van der Waals surface area contributed by atoms with Gasteiger partial charge in [0, 0.05) is 43.2 Å². The van der Waals surface area contributed by atoms with Crippen molar-refractivity contribution >= 4 is 11.7 Å². The van der Waals surface area contributed by atoms with Gasteiger partial charge in [-0.05, 0) is 50.3 Å². The number of amides is 1. The molecule has 5 rings (SSSR count). The van der Waals surface area contributed by atoms with Crippen molar-refractivity contribution in [2.45, 2.75) is 44.9 Å². The van der Waals surface area contributed by atoms with Gasteiger partial charge in [0.25, 0.3) is 0 Å². The van der Waals surface area contributed by atoms with Crippen molar-refractivity contribution in [3.05, 3.63) is 88.9 Å². The van der Waals surface area contributed by atoms with Gasteiger partial charge >= 0.3 is 0 Å². The van der Waals surface area contributed by atoms with Gasteiger partial charge in [-0.3, -0.25) is 9.69 Å². The summed E-state index contributed by atoms with van der Waals surface area (Å²) in [6.45, 7) is 5.87. The van der Waals surface area contributed by atoms with Crippen LogP contribution in [0.5, 0.6) is 0 Å². The molecule has 33 heavy (non-hydrogen) atoms. The number of hydrogen-bond acceptors (Lipinski definition) is 4. The summed E-state index contributed by atoms with van der Waals surface area (Å²) in [5, 5.41) is 0. The molecule has 0 N–H and O–H groups in total. The van der Waals surface area contributed by atoms with Gasteiger partial charge in [-0.2, -0.15) is 0 Å². The van der Waals surface area contributed by atoms with E-state index in [2.05, 4.69) is 66.4 Å². The summed E-state index contributed by atoms with van der Waals surface area (Å²) < 4.78 is 0. The number of likely N-dealkylation sites (tertiary alicyclic amines) is 1. The summed E-state index contributed by atoms with van der Waals surface area (Å²) in [5.74, 6) is 2.27.